The third-order valence-electron chi connectivity index (χ3n) is 8.92. The maximum absolute atomic E-state index is 13.5. The Balaban J connectivity index is 1.52. The number of hydrogen-bond acceptors (Lipinski definition) is 11. The summed E-state index contributed by atoms with van der Waals surface area (Å²) < 4.78 is 71.3. The van der Waals surface area contributed by atoms with Crippen molar-refractivity contribution in [2.45, 2.75) is 63.1 Å². The standard InChI is InChI=1S/C37H43N2O11PS/c1-24(2)49-51-47-17-18-52(42,43)23-26-7-6-8-29(19-26)37(27-9-13-30(44-4)14-10-27,28-11-15-31(45-5)16-12-28)46-22-33-32(50-51)20-34(48-33)39-21-25(3)35(40)38-36(39)41/h6-16,19,21,24,32-34H,17-18,20,22-23H2,1-5H3,(H,38,40,41)/t32-,33+,34+,51+/m0/s1. The minimum Gasteiger partial charge on any atom is -0.497 e. The molecule has 13 nitrogen and oxygen atoms in total. The van der Waals surface area contributed by atoms with Gasteiger partial charge in [-0.15, -0.1) is 0 Å². The molecule has 4 atom stereocenters. The van der Waals surface area contributed by atoms with Gasteiger partial charge in [-0.25, -0.2) is 13.2 Å². The lowest BCUT2D eigenvalue weighted by molar-refractivity contribution is -0.0933. The van der Waals surface area contributed by atoms with Crippen LogP contribution in [0.3, 0.4) is 0 Å². The van der Waals surface area contributed by atoms with Gasteiger partial charge in [0.05, 0.1) is 51.1 Å². The van der Waals surface area contributed by atoms with Gasteiger partial charge in [0.15, 0.2) is 9.84 Å². The van der Waals surface area contributed by atoms with E-state index >= 15 is 0 Å². The largest absolute Gasteiger partial charge is 0.497 e. The highest BCUT2D eigenvalue weighted by atomic mass is 32.2. The molecule has 4 aromatic rings. The van der Waals surface area contributed by atoms with E-state index in [0.717, 1.165) is 11.1 Å². The van der Waals surface area contributed by atoms with Crippen LogP contribution in [0.2, 0.25) is 0 Å². The zero-order chi connectivity index (χ0) is 37.0. The van der Waals surface area contributed by atoms with Crippen LogP contribution in [0.25, 0.3) is 0 Å². The van der Waals surface area contributed by atoms with Crippen molar-refractivity contribution in [3.8, 4) is 11.5 Å². The van der Waals surface area contributed by atoms with E-state index in [2.05, 4.69) is 4.98 Å². The molecule has 52 heavy (non-hydrogen) atoms. The van der Waals surface area contributed by atoms with E-state index in [4.69, 9.17) is 32.5 Å². The summed E-state index contributed by atoms with van der Waals surface area (Å²) in [4.78, 5) is 27.6. The number of benzene rings is 3. The Hall–Kier alpha value is -3.88. The molecule has 2 aliphatic heterocycles. The highest BCUT2D eigenvalue weighted by Gasteiger charge is 2.44. The van der Waals surface area contributed by atoms with Crippen LogP contribution in [0, 0.1) is 6.92 Å². The van der Waals surface area contributed by atoms with Crippen LogP contribution >= 0.6 is 8.60 Å². The van der Waals surface area contributed by atoms with Crippen molar-refractivity contribution in [1.29, 1.82) is 0 Å². The molecule has 1 saturated heterocycles. The first-order valence-corrected chi connectivity index (χ1v) is 19.8. The van der Waals surface area contributed by atoms with Crippen molar-refractivity contribution >= 4 is 18.4 Å². The second-order valence-electron chi connectivity index (χ2n) is 12.9. The fourth-order valence-corrected chi connectivity index (χ4v) is 8.85. The van der Waals surface area contributed by atoms with Gasteiger partial charge in [0.1, 0.15) is 29.4 Å². The average Bonchev–Trinajstić information content (AvgIpc) is 3.51. The van der Waals surface area contributed by atoms with E-state index in [1.807, 2.05) is 80.6 Å². The van der Waals surface area contributed by atoms with Gasteiger partial charge in [0.2, 0.25) is 0 Å². The number of nitrogens with zero attached hydrogens (tertiary/aromatic N) is 1. The van der Waals surface area contributed by atoms with Gasteiger partial charge in [-0.1, -0.05) is 48.5 Å². The summed E-state index contributed by atoms with van der Waals surface area (Å²) in [7, 11) is -2.52. The molecule has 1 N–H and O–H groups in total. The number of hydrogen-bond donors (Lipinski definition) is 1. The molecule has 0 amide bonds. The van der Waals surface area contributed by atoms with Crippen molar-refractivity contribution in [3.05, 3.63) is 128 Å². The summed E-state index contributed by atoms with van der Waals surface area (Å²) in [6.07, 6.45) is -1.02. The lowest BCUT2D eigenvalue weighted by Crippen LogP contribution is -2.38. The molecule has 3 aromatic carbocycles. The molecule has 0 saturated carbocycles. The summed E-state index contributed by atoms with van der Waals surface area (Å²) >= 11 is 0. The Morgan fingerprint density at radius 1 is 0.923 bits per heavy atom. The minimum absolute atomic E-state index is 0.0519. The van der Waals surface area contributed by atoms with E-state index in [1.165, 1.54) is 10.8 Å². The van der Waals surface area contributed by atoms with Crippen molar-refractivity contribution in [2.75, 3.05) is 33.2 Å². The topological polar surface area (TPSA) is 154 Å². The molecule has 15 heteroatoms. The number of aromatic amines is 1. The highest BCUT2D eigenvalue weighted by molar-refractivity contribution is 7.90. The number of aryl methyl sites for hydroxylation is 1. The number of nitrogens with one attached hydrogen (secondary N) is 1. The average molecular weight is 755 g/mol. The lowest BCUT2D eigenvalue weighted by Gasteiger charge is -2.37. The Morgan fingerprint density at radius 2 is 1.58 bits per heavy atom. The summed E-state index contributed by atoms with van der Waals surface area (Å²) in [5.41, 5.74) is 0.610. The van der Waals surface area contributed by atoms with Crippen molar-refractivity contribution in [2.24, 2.45) is 0 Å². The lowest BCUT2D eigenvalue weighted by atomic mass is 9.79. The van der Waals surface area contributed by atoms with Crippen LogP contribution in [-0.4, -0.2) is 69.5 Å². The van der Waals surface area contributed by atoms with Gasteiger partial charge in [0.25, 0.3) is 5.56 Å². The zero-order valence-corrected chi connectivity index (χ0v) is 31.4. The van der Waals surface area contributed by atoms with Gasteiger partial charge in [-0.05, 0) is 67.3 Å². The van der Waals surface area contributed by atoms with Gasteiger partial charge in [-0.3, -0.25) is 14.3 Å². The van der Waals surface area contributed by atoms with Gasteiger partial charge >= 0.3 is 14.3 Å². The molecule has 0 radical (unpaired) electrons. The maximum Gasteiger partial charge on any atom is 0.333 e. The molecular weight excluding hydrogens is 711 g/mol. The Kier molecular flexibility index (Phi) is 11.7. The first-order valence-electron chi connectivity index (χ1n) is 16.9. The number of fused-ring (bicyclic) bond motifs is 3. The molecule has 3 heterocycles. The fraction of sp³-hybridized carbons (Fsp3) is 0.405. The monoisotopic (exact) mass is 754 g/mol. The number of rotatable bonds is 7. The number of sulfone groups is 1. The summed E-state index contributed by atoms with van der Waals surface area (Å²) in [6, 6.07) is 22.3. The fourth-order valence-electron chi connectivity index (χ4n) is 6.35. The van der Waals surface area contributed by atoms with Gasteiger partial charge < -0.3 is 32.5 Å². The van der Waals surface area contributed by atoms with E-state index < -0.39 is 53.7 Å². The molecule has 2 bridgehead atoms. The van der Waals surface area contributed by atoms with Crippen LogP contribution in [0.4, 0.5) is 0 Å². The zero-order valence-electron chi connectivity index (χ0n) is 29.6. The third kappa shape index (κ3) is 8.34. The first-order chi connectivity index (χ1) is 24.9. The molecule has 278 valence electrons. The second-order valence-corrected chi connectivity index (χ2v) is 16.3. The Bertz CT molecular complexity index is 2020. The normalized spacial score (nSPS) is 23.3. The highest BCUT2D eigenvalue weighted by Crippen LogP contribution is 2.48. The molecule has 6 rings (SSSR count). The van der Waals surface area contributed by atoms with Crippen molar-refractivity contribution < 1.29 is 40.9 Å². The number of aromatic nitrogens is 2. The number of H-pyrrole nitrogens is 1. The van der Waals surface area contributed by atoms with Crippen molar-refractivity contribution in [1.82, 2.24) is 9.55 Å². The molecule has 0 spiro atoms. The smallest absolute Gasteiger partial charge is 0.333 e. The SMILES string of the molecule is COc1ccc(C2(c3ccc(OC)cc3)OC[C@H]3O[C@@H](n4cc(C)c(=O)[nH]c4=O)C[C@@H]3O[P@@](OC(C)C)OCCS(=O)(=O)Cc3cccc2c3)cc1. The van der Waals surface area contributed by atoms with Crippen LogP contribution < -0.4 is 20.7 Å². The van der Waals surface area contributed by atoms with Crippen LogP contribution in [0.5, 0.6) is 11.5 Å². The Morgan fingerprint density at radius 3 is 2.19 bits per heavy atom. The van der Waals surface area contributed by atoms with Gasteiger partial charge in [-0.2, -0.15) is 0 Å². The number of methoxy groups -OCH3 is 2. The van der Waals surface area contributed by atoms with E-state index in [1.54, 1.807) is 27.2 Å². The van der Waals surface area contributed by atoms with E-state index in [0.29, 0.717) is 28.2 Å². The summed E-state index contributed by atoms with van der Waals surface area (Å²) in [6.45, 7) is 5.04. The molecule has 2 aliphatic rings. The predicted octanol–water partition coefficient (Wildman–Crippen LogP) is 5.14. The second kappa shape index (κ2) is 16.0. The maximum atomic E-state index is 13.5. The first kappa shape index (κ1) is 37.9. The summed E-state index contributed by atoms with van der Waals surface area (Å²) in [5, 5.41) is 0. The molecule has 1 fully saturated rings. The predicted molar refractivity (Wildman–Crippen MR) is 194 cm³/mol. The molecule has 1 aromatic heterocycles. The Labute approximate surface area is 303 Å². The summed E-state index contributed by atoms with van der Waals surface area (Å²) in [5.74, 6) is 0.791. The molecule has 0 unspecified atom stereocenters. The number of ether oxygens (including phenoxy) is 4. The van der Waals surface area contributed by atoms with Crippen LogP contribution in [0.1, 0.15) is 54.3 Å². The van der Waals surface area contributed by atoms with E-state index in [-0.39, 0.29) is 37.2 Å². The molecule has 0 aliphatic carbocycles. The van der Waals surface area contributed by atoms with Crippen LogP contribution in [0.15, 0.2) is 88.6 Å². The molecular formula is C37H43N2O11PS. The third-order valence-corrected chi connectivity index (χ3v) is 11.9. The van der Waals surface area contributed by atoms with Gasteiger partial charge in [0, 0.05) is 18.2 Å². The van der Waals surface area contributed by atoms with Crippen molar-refractivity contribution in [3.63, 3.8) is 0 Å². The minimum atomic E-state index is -3.64. The van der Waals surface area contributed by atoms with Crippen LogP contribution in [-0.2, 0) is 44.2 Å². The quantitative estimate of drug-likeness (QED) is 0.250. The van der Waals surface area contributed by atoms with E-state index in [9.17, 15) is 18.0 Å².